The lowest BCUT2D eigenvalue weighted by Crippen LogP contribution is -2.46. The third kappa shape index (κ3) is 7.34. The van der Waals surface area contributed by atoms with Crippen LogP contribution in [0.4, 0.5) is 0 Å². The van der Waals surface area contributed by atoms with Crippen LogP contribution < -0.4 is 10.1 Å². The molecule has 1 atom stereocenters. The van der Waals surface area contributed by atoms with Crippen LogP contribution in [0.1, 0.15) is 37.3 Å². The van der Waals surface area contributed by atoms with Crippen molar-refractivity contribution in [1.29, 1.82) is 0 Å². The van der Waals surface area contributed by atoms with Gasteiger partial charge in [0, 0.05) is 28.7 Å². The number of aryl methyl sites for hydroxylation is 1. The van der Waals surface area contributed by atoms with Gasteiger partial charge in [0.25, 0.3) is 0 Å². The van der Waals surface area contributed by atoms with Crippen LogP contribution in [0.25, 0.3) is 0 Å². The van der Waals surface area contributed by atoms with E-state index < -0.39 is 15.9 Å². The molecule has 0 aliphatic carbocycles. The third-order valence-corrected chi connectivity index (χ3v) is 8.15. The molecule has 1 heterocycles. The van der Waals surface area contributed by atoms with Crippen LogP contribution in [0.5, 0.6) is 5.75 Å². The molecule has 1 saturated heterocycles. The maximum Gasteiger partial charge on any atom is 0.224 e. The first-order valence-electron chi connectivity index (χ1n) is 11.2. The number of benzene rings is 2. The molecule has 9 heteroatoms. The Morgan fingerprint density at radius 3 is 2.52 bits per heavy atom. The zero-order valence-corrected chi connectivity index (χ0v) is 21.1. The van der Waals surface area contributed by atoms with Gasteiger partial charge in [-0.15, -0.1) is 0 Å². The fraction of sp³-hybridized carbons (Fsp3) is 0.458. The van der Waals surface area contributed by atoms with E-state index >= 15 is 0 Å². The van der Waals surface area contributed by atoms with Crippen molar-refractivity contribution in [2.75, 3.05) is 26.2 Å². The summed E-state index contributed by atoms with van der Waals surface area (Å²) in [5.41, 5.74) is 1.65. The second-order valence-corrected chi connectivity index (χ2v) is 11.0. The van der Waals surface area contributed by atoms with Crippen LogP contribution in [0.3, 0.4) is 0 Å². The van der Waals surface area contributed by atoms with E-state index in [2.05, 4.69) is 12.2 Å². The molecule has 1 aliphatic heterocycles. The molecular formula is C24H30Cl2N2O4S. The van der Waals surface area contributed by atoms with Crippen molar-refractivity contribution in [1.82, 2.24) is 9.62 Å². The number of piperidine rings is 1. The Morgan fingerprint density at radius 1 is 1.15 bits per heavy atom. The Balaban J connectivity index is 1.48. The molecule has 0 bridgehead atoms. The van der Waals surface area contributed by atoms with Gasteiger partial charge in [-0.3, -0.25) is 4.79 Å². The van der Waals surface area contributed by atoms with Crippen molar-refractivity contribution in [3.8, 4) is 5.75 Å². The zero-order valence-electron chi connectivity index (χ0n) is 18.7. The first-order chi connectivity index (χ1) is 15.8. The summed E-state index contributed by atoms with van der Waals surface area (Å²) in [5, 5.41) is 3.50. The number of nitrogens with zero attached hydrogens (tertiary/aromatic N) is 1. The average molecular weight is 513 g/mol. The van der Waals surface area contributed by atoms with Crippen LogP contribution in [0.2, 0.25) is 10.0 Å². The van der Waals surface area contributed by atoms with Gasteiger partial charge in [0.15, 0.2) is 0 Å². The Kier molecular flexibility index (Phi) is 9.44. The number of amides is 1. The minimum absolute atomic E-state index is 0.149. The largest absolute Gasteiger partial charge is 0.492 e. The summed E-state index contributed by atoms with van der Waals surface area (Å²) in [5.74, 6) is -0.0847. The quantitative estimate of drug-likeness (QED) is 0.468. The van der Waals surface area contributed by atoms with E-state index in [1.54, 1.807) is 18.2 Å². The molecule has 1 fully saturated rings. The van der Waals surface area contributed by atoms with E-state index in [9.17, 15) is 13.2 Å². The van der Waals surface area contributed by atoms with Gasteiger partial charge in [0.2, 0.25) is 15.9 Å². The van der Waals surface area contributed by atoms with E-state index in [0.717, 1.165) is 18.6 Å². The summed E-state index contributed by atoms with van der Waals surface area (Å²) in [6, 6.07) is 12.9. The molecule has 3 rings (SSSR count). The lowest BCUT2D eigenvalue weighted by atomic mass is 9.99. The SMILES string of the molecule is CCCc1ccc(OCCNC(=O)C2CCCN(S(=O)(=O)Cc3c(Cl)cccc3Cl)C2)cc1. The number of rotatable bonds is 10. The molecule has 1 unspecified atom stereocenters. The fourth-order valence-electron chi connectivity index (χ4n) is 3.88. The van der Waals surface area contributed by atoms with Gasteiger partial charge in [-0.1, -0.05) is 54.7 Å². The number of carbonyl (C=O) groups is 1. The lowest BCUT2D eigenvalue weighted by Gasteiger charge is -2.31. The second-order valence-electron chi connectivity index (χ2n) is 8.19. The summed E-state index contributed by atoms with van der Waals surface area (Å²) < 4.78 is 33.0. The number of carbonyl (C=O) groups excluding carboxylic acids is 1. The normalized spacial score (nSPS) is 17.0. The van der Waals surface area contributed by atoms with Crippen molar-refractivity contribution in [3.63, 3.8) is 0 Å². The van der Waals surface area contributed by atoms with Crippen molar-refractivity contribution in [2.24, 2.45) is 5.92 Å². The van der Waals surface area contributed by atoms with Crippen molar-refractivity contribution in [2.45, 2.75) is 38.4 Å². The highest BCUT2D eigenvalue weighted by Crippen LogP contribution is 2.29. The van der Waals surface area contributed by atoms with Gasteiger partial charge in [-0.05, 0) is 49.1 Å². The van der Waals surface area contributed by atoms with Gasteiger partial charge in [-0.2, -0.15) is 0 Å². The van der Waals surface area contributed by atoms with Crippen LogP contribution >= 0.6 is 23.2 Å². The standard InChI is InChI=1S/C24H30Cl2N2O4S/c1-2-5-18-9-11-20(12-10-18)32-15-13-27-24(29)19-6-4-14-28(16-19)33(30,31)17-21-22(25)7-3-8-23(21)26/h3,7-12,19H,2,4-6,13-17H2,1H3,(H,27,29). The van der Waals surface area contributed by atoms with Gasteiger partial charge >= 0.3 is 0 Å². The van der Waals surface area contributed by atoms with Crippen LogP contribution in [-0.2, 0) is 27.0 Å². The summed E-state index contributed by atoms with van der Waals surface area (Å²) in [4.78, 5) is 12.6. The van der Waals surface area contributed by atoms with Crippen molar-refractivity contribution >= 4 is 39.1 Å². The molecular weight excluding hydrogens is 483 g/mol. The number of ether oxygens (including phenoxy) is 1. The number of hydrogen-bond acceptors (Lipinski definition) is 4. The monoisotopic (exact) mass is 512 g/mol. The van der Waals surface area contributed by atoms with Gasteiger partial charge in [-0.25, -0.2) is 12.7 Å². The zero-order chi connectivity index (χ0) is 23.8. The molecule has 2 aromatic carbocycles. The minimum atomic E-state index is -3.66. The summed E-state index contributed by atoms with van der Waals surface area (Å²) >= 11 is 12.3. The van der Waals surface area contributed by atoms with Crippen molar-refractivity contribution < 1.29 is 17.9 Å². The first-order valence-corrected chi connectivity index (χ1v) is 13.6. The summed E-state index contributed by atoms with van der Waals surface area (Å²) in [6.07, 6.45) is 3.40. The molecule has 1 aliphatic rings. The maximum absolute atomic E-state index is 13.0. The predicted octanol–water partition coefficient (Wildman–Crippen LogP) is 4.68. The Morgan fingerprint density at radius 2 is 1.85 bits per heavy atom. The van der Waals surface area contributed by atoms with E-state index in [1.165, 1.54) is 9.87 Å². The molecule has 0 aromatic heterocycles. The number of sulfonamides is 1. The van der Waals surface area contributed by atoms with Gasteiger partial charge < -0.3 is 10.1 Å². The highest BCUT2D eigenvalue weighted by Gasteiger charge is 2.33. The topological polar surface area (TPSA) is 75.7 Å². The Bertz CT molecular complexity index is 1020. The average Bonchev–Trinajstić information content (AvgIpc) is 2.80. The summed E-state index contributed by atoms with van der Waals surface area (Å²) in [6.45, 7) is 3.37. The molecule has 33 heavy (non-hydrogen) atoms. The van der Waals surface area contributed by atoms with Crippen LogP contribution in [-0.4, -0.2) is 44.9 Å². The molecule has 1 N–H and O–H groups in total. The molecule has 2 aromatic rings. The maximum atomic E-state index is 13.0. The smallest absolute Gasteiger partial charge is 0.224 e. The van der Waals surface area contributed by atoms with E-state index in [1.807, 2.05) is 24.3 Å². The molecule has 180 valence electrons. The molecule has 6 nitrogen and oxygen atoms in total. The molecule has 1 amide bonds. The Hall–Kier alpha value is -1.80. The molecule has 0 radical (unpaired) electrons. The first kappa shape index (κ1) is 25.8. The van der Waals surface area contributed by atoms with E-state index in [4.69, 9.17) is 27.9 Å². The van der Waals surface area contributed by atoms with E-state index in [-0.39, 0.29) is 18.2 Å². The van der Waals surface area contributed by atoms with Crippen LogP contribution in [0.15, 0.2) is 42.5 Å². The lowest BCUT2D eigenvalue weighted by molar-refractivity contribution is -0.126. The molecule has 0 spiro atoms. The minimum Gasteiger partial charge on any atom is -0.492 e. The third-order valence-electron chi connectivity index (χ3n) is 5.67. The van der Waals surface area contributed by atoms with Crippen LogP contribution in [0, 0.1) is 5.92 Å². The second kappa shape index (κ2) is 12.1. The number of halogens is 2. The highest BCUT2D eigenvalue weighted by atomic mass is 35.5. The number of nitrogens with one attached hydrogen (secondary N) is 1. The van der Waals surface area contributed by atoms with Crippen molar-refractivity contribution in [3.05, 3.63) is 63.6 Å². The van der Waals surface area contributed by atoms with Gasteiger partial charge in [0.05, 0.1) is 18.2 Å². The fourth-order valence-corrected chi connectivity index (χ4v) is 6.24. The molecule has 0 saturated carbocycles. The predicted molar refractivity (Wildman–Crippen MR) is 132 cm³/mol. The highest BCUT2D eigenvalue weighted by molar-refractivity contribution is 7.88. The van der Waals surface area contributed by atoms with Gasteiger partial charge in [0.1, 0.15) is 12.4 Å². The Labute approximate surface area is 206 Å². The van der Waals surface area contributed by atoms with E-state index in [0.29, 0.717) is 48.1 Å². The number of hydrogen-bond donors (Lipinski definition) is 1. The summed E-state index contributed by atoms with van der Waals surface area (Å²) in [7, 11) is -3.66.